The molecule has 1 atom stereocenters. The summed E-state index contributed by atoms with van der Waals surface area (Å²) in [7, 11) is 10.5. The van der Waals surface area contributed by atoms with Gasteiger partial charge < -0.3 is 14.1 Å². The first-order valence-electron chi connectivity index (χ1n) is 14.9. The lowest BCUT2D eigenvalue weighted by molar-refractivity contribution is -0.873. The van der Waals surface area contributed by atoms with Crippen molar-refractivity contribution in [1.82, 2.24) is 4.90 Å². The first kappa shape index (κ1) is 33.4. The summed E-state index contributed by atoms with van der Waals surface area (Å²) in [5.41, 5.74) is 0. The molecule has 1 unspecified atom stereocenters. The molecule has 0 aliphatic heterocycles. The summed E-state index contributed by atoms with van der Waals surface area (Å²) in [6.07, 6.45) is 26.6. The third-order valence-electron chi connectivity index (χ3n) is 6.60. The van der Waals surface area contributed by atoms with Crippen LogP contribution in [0.5, 0.6) is 0 Å². The molecule has 0 radical (unpaired) electrons. The molecule has 0 aromatic heterocycles. The number of ether oxygens (including phenoxy) is 1. The zero-order valence-electron chi connectivity index (χ0n) is 24.3. The van der Waals surface area contributed by atoms with Gasteiger partial charge in [-0.1, -0.05) is 122 Å². The number of carbonyl (C=O) groups is 1. The number of hydrogen-bond donors (Lipinski definition) is 0. The first-order valence-corrected chi connectivity index (χ1v) is 14.9. The minimum absolute atomic E-state index is 0.0210. The predicted octanol–water partition coefficient (Wildman–Crippen LogP) is 7.99. The lowest BCUT2D eigenvalue weighted by Crippen LogP contribution is -2.46. The maximum absolute atomic E-state index is 12.3. The topological polar surface area (TPSA) is 29.5 Å². The van der Waals surface area contributed by atoms with Crippen molar-refractivity contribution in [2.45, 2.75) is 141 Å². The van der Waals surface area contributed by atoms with Gasteiger partial charge in [-0.15, -0.1) is 0 Å². The minimum Gasteiger partial charge on any atom is -0.455 e. The summed E-state index contributed by atoms with van der Waals surface area (Å²) in [4.78, 5) is 14.4. The average Bonchev–Trinajstić information content (AvgIpc) is 2.73. The molecule has 0 heterocycles. The van der Waals surface area contributed by atoms with Crippen LogP contribution in [0, 0.1) is 0 Å². The SMILES string of the molecule is CCCCCCCCCCCCCCCCCCCCCC(=O)OC(CN(C)C)C[N+](C)(C)C. The molecule has 0 aromatic rings. The van der Waals surface area contributed by atoms with Gasteiger partial charge in [-0.05, 0) is 20.5 Å². The molecule has 0 saturated carbocycles. The molecule has 0 aliphatic carbocycles. The van der Waals surface area contributed by atoms with Crippen molar-refractivity contribution in [2.75, 3.05) is 48.3 Å². The Labute approximate surface area is 214 Å². The van der Waals surface area contributed by atoms with Crippen molar-refractivity contribution in [3.05, 3.63) is 0 Å². The van der Waals surface area contributed by atoms with E-state index in [-0.39, 0.29) is 12.1 Å². The Balaban J connectivity index is 3.44. The number of carbonyl (C=O) groups excluding carboxylic acids is 1. The Morgan fingerprint density at radius 3 is 1.32 bits per heavy atom. The minimum atomic E-state index is -0.0252. The first-order chi connectivity index (χ1) is 16.2. The second-order valence-corrected chi connectivity index (χ2v) is 12.0. The number of esters is 1. The van der Waals surface area contributed by atoms with Crippen molar-refractivity contribution in [2.24, 2.45) is 0 Å². The van der Waals surface area contributed by atoms with Crippen molar-refractivity contribution in [1.29, 1.82) is 0 Å². The normalized spacial score (nSPS) is 12.9. The number of quaternary nitrogens is 1. The number of rotatable bonds is 25. The maximum Gasteiger partial charge on any atom is 0.306 e. The van der Waals surface area contributed by atoms with Gasteiger partial charge in [-0.3, -0.25) is 4.79 Å². The largest absolute Gasteiger partial charge is 0.455 e. The van der Waals surface area contributed by atoms with Crippen molar-refractivity contribution >= 4 is 5.97 Å². The maximum atomic E-state index is 12.3. The van der Waals surface area contributed by atoms with Crippen LogP contribution in [0.4, 0.5) is 0 Å². The van der Waals surface area contributed by atoms with E-state index < -0.39 is 0 Å². The average molecular weight is 484 g/mol. The van der Waals surface area contributed by atoms with E-state index in [9.17, 15) is 4.79 Å². The molecule has 4 nitrogen and oxygen atoms in total. The van der Waals surface area contributed by atoms with Crippen molar-refractivity contribution < 1.29 is 14.0 Å². The van der Waals surface area contributed by atoms with E-state index in [1.807, 2.05) is 14.1 Å². The van der Waals surface area contributed by atoms with Crippen LogP contribution in [0.15, 0.2) is 0 Å². The number of unbranched alkanes of at least 4 members (excludes halogenated alkanes) is 18. The Bertz CT molecular complexity index is 446. The van der Waals surface area contributed by atoms with Crippen LogP contribution < -0.4 is 0 Å². The Morgan fingerprint density at radius 1 is 0.647 bits per heavy atom. The fourth-order valence-electron chi connectivity index (χ4n) is 4.74. The molecule has 34 heavy (non-hydrogen) atoms. The van der Waals surface area contributed by atoms with Crippen LogP contribution in [0.1, 0.15) is 135 Å². The molecule has 0 spiro atoms. The van der Waals surface area contributed by atoms with Gasteiger partial charge in [0, 0.05) is 13.0 Å². The lowest BCUT2D eigenvalue weighted by Gasteiger charge is -2.30. The fraction of sp³-hybridized carbons (Fsp3) is 0.967. The summed E-state index contributed by atoms with van der Waals surface area (Å²) < 4.78 is 6.59. The third-order valence-corrected chi connectivity index (χ3v) is 6.60. The molecule has 0 rings (SSSR count). The van der Waals surface area contributed by atoms with E-state index in [0.717, 1.165) is 30.4 Å². The second-order valence-electron chi connectivity index (χ2n) is 12.0. The van der Waals surface area contributed by atoms with E-state index in [0.29, 0.717) is 6.42 Å². The van der Waals surface area contributed by atoms with Gasteiger partial charge in [0.15, 0.2) is 6.10 Å². The van der Waals surface area contributed by atoms with Gasteiger partial charge in [0.1, 0.15) is 6.54 Å². The molecular weight excluding hydrogens is 420 g/mol. The van der Waals surface area contributed by atoms with Crippen LogP contribution in [0.3, 0.4) is 0 Å². The summed E-state index contributed by atoms with van der Waals surface area (Å²) in [5, 5.41) is 0. The highest BCUT2D eigenvalue weighted by Gasteiger charge is 2.22. The molecule has 0 saturated heterocycles. The standard InChI is InChI=1S/C30H63N2O2/c1-7-8-9-10-11-12-13-14-15-16-17-18-19-20-21-22-23-24-25-26-30(33)34-29(27-31(2)3)28-32(4,5)6/h29H,7-28H2,1-6H3/q+1. The van der Waals surface area contributed by atoms with Crippen LogP contribution in [-0.2, 0) is 9.53 Å². The Morgan fingerprint density at radius 2 is 1.00 bits per heavy atom. The van der Waals surface area contributed by atoms with Gasteiger partial charge in [-0.25, -0.2) is 0 Å². The zero-order chi connectivity index (χ0) is 25.5. The van der Waals surface area contributed by atoms with Crippen molar-refractivity contribution in [3.8, 4) is 0 Å². The fourth-order valence-corrected chi connectivity index (χ4v) is 4.74. The molecule has 0 N–H and O–H groups in total. The highest BCUT2D eigenvalue weighted by molar-refractivity contribution is 5.69. The number of hydrogen-bond acceptors (Lipinski definition) is 3. The van der Waals surface area contributed by atoms with Crippen LogP contribution >= 0.6 is 0 Å². The van der Waals surface area contributed by atoms with E-state index >= 15 is 0 Å². The zero-order valence-corrected chi connectivity index (χ0v) is 24.3. The van der Waals surface area contributed by atoms with Gasteiger partial charge in [0.05, 0.1) is 21.1 Å². The molecule has 0 fully saturated rings. The van der Waals surface area contributed by atoms with Crippen LogP contribution in [-0.4, -0.2) is 69.8 Å². The lowest BCUT2D eigenvalue weighted by atomic mass is 10.0. The summed E-state index contributed by atoms with van der Waals surface area (Å²) in [6, 6.07) is 0. The van der Waals surface area contributed by atoms with E-state index in [4.69, 9.17) is 4.74 Å². The van der Waals surface area contributed by atoms with E-state index in [1.54, 1.807) is 0 Å². The molecule has 0 aromatic carbocycles. The smallest absolute Gasteiger partial charge is 0.306 e. The molecular formula is C30H63N2O2+. The molecule has 0 aliphatic rings. The summed E-state index contributed by atoms with van der Waals surface area (Å²) in [5.74, 6) is -0.0210. The van der Waals surface area contributed by atoms with Gasteiger partial charge >= 0.3 is 5.97 Å². The molecule has 0 amide bonds. The third kappa shape index (κ3) is 26.0. The summed E-state index contributed by atoms with van der Waals surface area (Å²) >= 11 is 0. The predicted molar refractivity (Wildman–Crippen MR) is 149 cm³/mol. The van der Waals surface area contributed by atoms with Gasteiger partial charge in [0.2, 0.25) is 0 Å². The van der Waals surface area contributed by atoms with Crippen molar-refractivity contribution in [3.63, 3.8) is 0 Å². The highest BCUT2D eigenvalue weighted by Crippen LogP contribution is 2.15. The van der Waals surface area contributed by atoms with Crippen LogP contribution in [0.25, 0.3) is 0 Å². The molecule has 4 heteroatoms. The quantitative estimate of drug-likeness (QED) is 0.0748. The van der Waals surface area contributed by atoms with E-state index in [2.05, 4.69) is 33.0 Å². The van der Waals surface area contributed by atoms with E-state index in [1.165, 1.54) is 109 Å². The second kappa shape index (κ2) is 22.8. The number of likely N-dealkylation sites (N-methyl/N-ethyl adjacent to an activating group) is 2. The monoisotopic (exact) mass is 483 g/mol. The Kier molecular flexibility index (Phi) is 22.4. The molecule has 0 bridgehead atoms. The van der Waals surface area contributed by atoms with Gasteiger partial charge in [-0.2, -0.15) is 0 Å². The Hall–Kier alpha value is -0.610. The van der Waals surface area contributed by atoms with Gasteiger partial charge in [0.25, 0.3) is 0 Å². The van der Waals surface area contributed by atoms with Crippen LogP contribution in [0.2, 0.25) is 0 Å². The number of nitrogens with zero attached hydrogens (tertiary/aromatic N) is 2. The molecule has 204 valence electrons. The highest BCUT2D eigenvalue weighted by atomic mass is 16.5. The summed E-state index contributed by atoms with van der Waals surface area (Å²) in [6.45, 7) is 3.93.